The van der Waals surface area contributed by atoms with E-state index in [-0.39, 0.29) is 6.54 Å². The number of halogens is 3. The molecule has 1 aliphatic heterocycles. The maximum atomic E-state index is 12.7. The highest BCUT2D eigenvalue weighted by Crippen LogP contribution is 2.38. The second kappa shape index (κ2) is 3.52. The topological polar surface area (TPSA) is 12.0 Å². The van der Waals surface area contributed by atoms with Gasteiger partial charge < -0.3 is 5.32 Å². The molecule has 0 aliphatic carbocycles. The van der Waals surface area contributed by atoms with Crippen LogP contribution in [0.5, 0.6) is 0 Å². The van der Waals surface area contributed by atoms with Crippen LogP contribution in [-0.2, 0) is 6.54 Å². The average molecular weight is 215 g/mol. The Hall–Kier alpha value is -1.03. The number of hydrogen-bond acceptors (Lipinski definition) is 1. The summed E-state index contributed by atoms with van der Waals surface area (Å²) in [4.78, 5) is 0. The van der Waals surface area contributed by atoms with Crippen molar-refractivity contribution in [2.75, 3.05) is 6.54 Å². The van der Waals surface area contributed by atoms with E-state index in [9.17, 15) is 13.2 Å². The van der Waals surface area contributed by atoms with Gasteiger partial charge in [-0.1, -0.05) is 18.2 Å². The van der Waals surface area contributed by atoms with Gasteiger partial charge in [0.25, 0.3) is 0 Å². The zero-order valence-corrected chi connectivity index (χ0v) is 8.36. The summed E-state index contributed by atoms with van der Waals surface area (Å²) in [6, 6.07) is 5.12. The summed E-state index contributed by atoms with van der Waals surface area (Å²) >= 11 is 0. The predicted molar refractivity (Wildman–Crippen MR) is 51.7 cm³/mol. The van der Waals surface area contributed by atoms with Crippen molar-refractivity contribution >= 4 is 0 Å². The molecule has 1 N–H and O–H groups in total. The van der Waals surface area contributed by atoms with Crippen LogP contribution in [0.4, 0.5) is 13.2 Å². The van der Waals surface area contributed by atoms with Crippen LogP contribution in [0.2, 0.25) is 0 Å². The van der Waals surface area contributed by atoms with E-state index in [4.69, 9.17) is 0 Å². The molecule has 1 heterocycles. The number of fused-ring (bicyclic) bond motifs is 1. The zero-order valence-electron chi connectivity index (χ0n) is 8.36. The molecule has 0 fully saturated rings. The van der Waals surface area contributed by atoms with Crippen LogP contribution >= 0.6 is 0 Å². The SMILES string of the molecule is Cc1cccc2c1CNCC2C(F)(F)F. The minimum atomic E-state index is -4.16. The van der Waals surface area contributed by atoms with Crippen molar-refractivity contribution in [3.63, 3.8) is 0 Å². The van der Waals surface area contributed by atoms with E-state index in [0.29, 0.717) is 12.1 Å². The third kappa shape index (κ3) is 1.86. The van der Waals surface area contributed by atoms with Gasteiger partial charge in [-0.15, -0.1) is 0 Å². The molecule has 2 rings (SSSR count). The number of nitrogens with one attached hydrogen (secondary N) is 1. The molecule has 0 saturated carbocycles. The van der Waals surface area contributed by atoms with Gasteiger partial charge in [0.15, 0.2) is 0 Å². The molecule has 1 nitrogen and oxygen atoms in total. The highest BCUT2D eigenvalue weighted by atomic mass is 19.4. The Morgan fingerprint density at radius 2 is 2.07 bits per heavy atom. The molecule has 1 unspecified atom stereocenters. The Morgan fingerprint density at radius 1 is 1.33 bits per heavy atom. The Labute approximate surface area is 86.3 Å². The minimum Gasteiger partial charge on any atom is -0.312 e. The normalized spacial score (nSPS) is 21.2. The lowest BCUT2D eigenvalue weighted by atomic mass is 9.88. The second-order valence-corrected chi connectivity index (χ2v) is 3.87. The molecule has 0 bridgehead atoms. The number of benzene rings is 1. The van der Waals surface area contributed by atoms with Crippen molar-refractivity contribution in [3.8, 4) is 0 Å². The Bertz CT molecular complexity index is 371. The van der Waals surface area contributed by atoms with E-state index < -0.39 is 12.1 Å². The van der Waals surface area contributed by atoms with Crippen LogP contribution in [0.15, 0.2) is 18.2 Å². The van der Waals surface area contributed by atoms with Gasteiger partial charge in [-0.3, -0.25) is 0 Å². The molecule has 1 aromatic carbocycles. The largest absolute Gasteiger partial charge is 0.396 e. The van der Waals surface area contributed by atoms with Gasteiger partial charge in [-0.25, -0.2) is 0 Å². The summed E-state index contributed by atoms with van der Waals surface area (Å²) in [7, 11) is 0. The third-order valence-electron chi connectivity index (χ3n) is 2.87. The van der Waals surface area contributed by atoms with E-state index >= 15 is 0 Å². The predicted octanol–water partition coefficient (Wildman–Crippen LogP) is 2.74. The molecule has 1 aliphatic rings. The molecular formula is C11H12F3N. The first-order valence-corrected chi connectivity index (χ1v) is 4.86. The lowest BCUT2D eigenvalue weighted by Gasteiger charge is -2.29. The summed E-state index contributed by atoms with van der Waals surface area (Å²) in [5, 5.41) is 2.82. The van der Waals surface area contributed by atoms with Crippen LogP contribution in [0, 0.1) is 6.92 Å². The first-order valence-electron chi connectivity index (χ1n) is 4.86. The standard InChI is InChI=1S/C11H12F3N/c1-7-3-2-4-8-9(7)5-15-6-10(8)11(12,13)14/h2-4,10,15H,5-6H2,1H3. The van der Waals surface area contributed by atoms with Gasteiger partial charge in [0.1, 0.15) is 0 Å². The quantitative estimate of drug-likeness (QED) is 0.701. The third-order valence-corrected chi connectivity index (χ3v) is 2.87. The van der Waals surface area contributed by atoms with Crippen molar-refractivity contribution in [2.45, 2.75) is 25.6 Å². The molecule has 1 aromatic rings. The summed E-state index contributed by atoms with van der Waals surface area (Å²) in [6.45, 7) is 2.37. The highest BCUT2D eigenvalue weighted by molar-refractivity contribution is 5.39. The number of hydrogen-bond donors (Lipinski definition) is 1. The maximum absolute atomic E-state index is 12.7. The van der Waals surface area contributed by atoms with Crippen molar-refractivity contribution in [1.82, 2.24) is 5.32 Å². The van der Waals surface area contributed by atoms with Crippen LogP contribution in [0.25, 0.3) is 0 Å². The van der Waals surface area contributed by atoms with Crippen LogP contribution in [0.3, 0.4) is 0 Å². The molecule has 0 spiro atoms. The van der Waals surface area contributed by atoms with Gasteiger partial charge in [0, 0.05) is 13.1 Å². The van der Waals surface area contributed by atoms with Crippen LogP contribution in [0.1, 0.15) is 22.6 Å². The zero-order chi connectivity index (χ0) is 11.1. The van der Waals surface area contributed by atoms with Crippen molar-refractivity contribution < 1.29 is 13.2 Å². The van der Waals surface area contributed by atoms with Gasteiger partial charge in [0.2, 0.25) is 0 Å². The Kier molecular flexibility index (Phi) is 2.46. The van der Waals surface area contributed by atoms with Gasteiger partial charge >= 0.3 is 6.18 Å². The molecule has 0 saturated heterocycles. The Morgan fingerprint density at radius 3 is 2.73 bits per heavy atom. The van der Waals surface area contributed by atoms with E-state index in [1.54, 1.807) is 12.1 Å². The van der Waals surface area contributed by atoms with Crippen LogP contribution in [-0.4, -0.2) is 12.7 Å². The smallest absolute Gasteiger partial charge is 0.312 e. The fourth-order valence-corrected chi connectivity index (χ4v) is 2.04. The van der Waals surface area contributed by atoms with Gasteiger partial charge in [-0.2, -0.15) is 13.2 Å². The summed E-state index contributed by atoms with van der Waals surface area (Å²) in [5.41, 5.74) is 2.15. The first-order chi connectivity index (χ1) is 7.00. The van der Waals surface area contributed by atoms with Gasteiger partial charge in [0.05, 0.1) is 5.92 Å². The maximum Gasteiger partial charge on any atom is 0.396 e. The molecule has 4 heteroatoms. The average Bonchev–Trinajstić information content (AvgIpc) is 2.16. The molecule has 0 aromatic heterocycles. The fraction of sp³-hybridized carbons (Fsp3) is 0.455. The van der Waals surface area contributed by atoms with Crippen molar-refractivity contribution in [1.29, 1.82) is 0 Å². The van der Waals surface area contributed by atoms with Crippen molar-refractivity contribution in [3.05, 3.63) is 34.9 Å². The first kappa shape index (κ1) is 10.5. The van der Waals surface area contributed by atoms with E-state index in [0.717, 1.165) is 11.1 Å². The second-order valence-electron chi connectivity index (χ2n) is 3.87. The minimum absolute atomic E-state index is 0.0139. The molecule has 82 valence electrons. The van der Waals surface area contributed by atoms with E-state index in [2.05, 4.69) is 5.32 Å². The monoisotopic (exact) mass is 215 g/mol. The molecule has 0 radical (unpaired) electrons. The number of aryl methyl sites for hydroxylation is 1. The summed E-state index contributed by atoms with van der Waals surface area (Å²) < 4.78 is 38.1. The number of alkyl halides is 3. The summed E-state index contributed by atoms with van der Waals surface area (Å²) in [5.74, 6) is -1.36. The van der Waals surface area contributed by atoms with Crippen LogP contribution < -0.4 is 5.32 Å². The fourth-order valence-electron chi connectivity index (χ4n) is 2.04. The number of rotatable bonds is 0. The van der Waals surface area contributed by atoms with Gasteiger partial charge in [-0.05, 0) is 23.6 Å². The molecular weight excluding hydrogens is 203 g/mol. The lowest BCUT2D eigenvalue weighted by molar-refractivity contribution is -0.150. The van der Waals surface area contributed by atoms with E-state index in [1.165, 1.54) is 0 Å². The highest BCUT2D eigenvalue weighted by Gasteiger charge is 2.42. The summed E-state index contributed by atoms with van der Waals surface area (Å²) in [6.07, 6.45) is -4.16. The lowest BCUT2D eigenvalue weighted by Crippen LogP contribution is -2.36. The van der Waals surface area contributed by atoms with Crippen molar-refractivity contribution in [2.24, 2.45) is 0 Å². The molecule has 15 heavy (non-hydrogen) atoms. The molecule has 0 amide bonds. The van der Waals surface area contributed by atoms with E-state index in [1.807, 2.05) is 13.0 Å². The molecule has 1 atom stereocenters. The Balaban J connectivity index is 2.48.